The monoisotopic (exact) mass is 220 g/mol. The van der Waals surface area contributed by atoms with E-state index in [4.69, 9.17) is 0 Å². The molecule has 0 spiro atoms. The van der Waals surface area contributed by atoms with Crippen molar-refractivity contribution in [1.29, 1.82) is 0 Å². The largest absolute Gasteiger partial charge is 0.332 e. The molecule has 1 heterocycles. The molecule has 0 amide bonds. The molecule has 0 bridgehead atoms. The number of rotatable bonds is 3. The Hall–Kier alpha value is -1.18. The zero-order valence-electron chi connectivity index (χ0n) is 11.3. The topological polar surface area (TPSA) is 6.48 Å². The van der Waals surface area contributed by atoms with Gasteiger partial charge in [-0.25, -0.2) is 0 Å². The lowest BCUT2D eigenvalue weighted by Gasteiger charge is -2.42. The first-order valence-electron chi connectivity index (χ1n) is 6.00. The summed E-state index contributed by atoms with van der Waals surface area (Å²) in [7, 11) is 0. The number of nitrogens with zero attached hydrogens (tertiary/aromatic N) is 2. The van der Waals surface area contributed by atoms with Crippen LogP contribution in [0.15, 0.2) is 35.9 Å². The van der Waals surface area contributed by atoms with Crippen LogP contribution in [-0.2, 0) is 0 Å². The highest BCUT2D eigenvalue weighted by molar-refractivity contribution is 5.37. The molecule has 0 aromatic rings. The van der Waals surface area contributed by atoms with Crippen molar-refractivity contribution in [3.05, 3.63) is 35.9 Å². The first-order valence-corrected chi connectivity index (χ1v) is 6.00. The van der Waals surface area contributed by atoms with Gasteiger partial charge in [0.2, 0.25) is 0 Å². The summed E-state index contributed by atoms with van der Waals surface area (Å²) < 4.78 is 0. The van der Waals surface area contributed by atoms with Crippen LogP contribution in [0.4, 0.5) is 0 Å². The fourth-order valence-corrected chi connectivity index (χ4v) is 2.09. The van der Waals surface area contributed by atoms with Crippen molar-refractivity contribution in [3.63, 3.8) is 0 Å². The van der Waals surface area contributed by atoms with Gasteiger partial charge in [-0.15, -0.1) is 0 Å². The van der Waals surface area contributed by atoms with E-state index in [0.717, 1.165) is 24.6 Å². The minimum atomic E-state index is 0.629. The summed E-state index contributed by atoms with van der Waals surface area (Å²) in [5.74, 6) is 1.69. The maximum atomic E-state index is 4.19. The standard InChI is InChI=1S/C14H24N2/c1-8-15-12(5)11(4)13(6)16(14(15)7)9-10(2)3/h10H,5,7-9H2,1-4,6H3. The summed E-state index contributed by atoms with van der Waals surface area (Å²) in [6.45, 7) is 21.2. The molecule has 90 valence electrons. The molecule has 1 aliphatic heterocycles. The number of likely N-dealkylation sites (N-methyl/N-ethyl adjacent to an activating group) is 1. The van der Waals surface area contributed by atoms with Crippen LogP contribution in [0, 0.1) is 5.92 Å². The quantitative estimate of drug-likeness (QED) is 0.717. The van der Waals surface area contributed by atoms with Crippen molar-refractivity contribution >= 4 is 0 Å². The number of hydrogen-bond acceptors (Lipinski definition) is 2. The second-order valence-electron chi connectivity index (χ2n) is 4.82. The second kappa shape index (κ2) is 4.77. The molecule has 2 nitrogen and oxygen atoms in total. The first kappa shape index (κ1) is 12.9. The summed E-state index contributed by atoms with van der Waals surface area (Å²) in [6, 6.07) is 0. The van der Waals surface area contributed by atoms with E-state index in [1.807, 2.05) is 0 Å². The molecule has 16 heavy (non-hydrogen) atoms. The molecule has 0 aromatic heterocycles. The van der Waals surface area contributed by atoms with E-state index in [0.29, 0.717) is 5.92 Å². The van der Waals surface area contributed by atoms with Gasteiger partial charge in [-0.3, -0.25) is 0 Å². The van der Waals surface area contributed by atoms with Crippen LogP contribution in [0.3, 0.4) is 0 Å². The first-order chi connectivity index (χ1) is 7.40. The van der Waals surface area contributed by atoms with E-state index >= 15 is 0 Å². The van der Waals surface area contributed by atoms with Gasteiger partial charge in [0.1, 0.15) is 5.82 Å². The minimum absolute atomic E-state index is 0.629. The van der Waals surface area contributed by atoms with Gasteiger partial charge in [0.25, 0.3) is 0 Å². The normalized spacial score (nSPS) is 17.9. The summed E-state index contributed by atoms with van der Waals surface area (Å²) >= 11 is 0. The Morgan fingerprint density at radius 2 is 1.69 bits per heavy atom. The fourth-order valence-electron chi connectivity index (χ4n) is 2.09. The van der Waals surface area contributed by atoms with Crippen LogP contribution in [0.25, 0.3) is 0 Å². The predicted octanol–water partition coefficient (Wildman–Crippen LogP) is 3.56. The van der Waals surface area contributed by atoms with Crippen molar-refractivity contribution in [1.82, 2.24) is 9.80 Å². The van der Waals surface area contributed by atoms with Gasteiger partial charge in [-0.2, -0.15) is 0 Å². The molecule has 0 aromatic carbocycles. The molecular weight excluding hydrogens is 196 g/mol. The van der Waals surface area contributed by atoms with Crippen LogP contribution in [0.5, 0.6) is 0 Å². The van der Waals surface area contributed by atoms with E-state index in [1.54, 1.807) is 0 Å². The smallest absolute Gasteiger partial charge is 0.105 e. The van der Waals surface area contributed by atoms with E-state index in [1.165, 1.54) is 11.3 Å². The summed E-state index contributed by atoms with van der Waals surface area (Å²) in [5, 5.41) is 0. The zero-order valence-corrected chi connectivity index (χ0v) is 11.3. The molecule has 2 heteroatoms. The lowest BCUT2D eigenvalue weighted by molar-refractivity contribution is 0.252. The second-order valence-corrected chi connectivity index (χ2v) is 4.82. The van der Waals surface area contributed by atoms with E-state index < -0.39 is 0 Å². The third kappa shape index (κ3) is 2.16. The van der Waals surface area contributed by atoms with Crippen molar-refractivity contribution in [2.75, 3.05) is 13.1 Å². The van der Waals surface area contributed by atoms with Crippen LogP contribution >= 0.6 is 0 Å². The van der Waals surface area contributed by atoms with Crippen LogP contribution in [-0.4, -0.2) is 22.9 Å². The van der Waals surface area contributed by atoms with Gasteiger partial charge in [0.15, 0.2) is 0 Å². The molecule has 1 rings (SSSR count). The van der Waals surface area contributed by atoms with Gasteiger partial charge in [-0.1, -0.05) is 27.0 Å². The highest BCUT2D eigenvalue weighted by Crippen LogP contribution is 2.32. The summed E-state index contributed by atoms with van der Waals surface area (Å²) in [5.41, 5.74) is 3.65. The molecule has 0 aliphatic carbocycles. The summed E-state index contributed by atoms with van der Waals surface area (Å²) in [4.78, 5) is 4.49. The molecule has 0 saturated carbocycles. The molecule has 0 atom stereocenters. The average molecular weight is 220 g/mol. The average Bonchev–Trinajstić information content (AvgIpc) is 2.22. The molecule has 0 radical (unpaired) electrons. The number of hydrogen-bond donors (Lipinski definition) is 0. The maximum Gasteiger partial charge on any atom is 0.105 e. The maximum absolute atomic E-state index is 4.19. The van der Waals surface area contributed by atoms with Crippen molar-refractivity contribution < 1.29 is 0 Å². The van der Waals surface area contributed by atoms with Gasteiger partial charge in [0, 0.05) is 24.5 Å². The van der Waals surface area contributed by atoms with Crippen LogP contribution in [0.1, 0.15) is 34.6 Å². The van der Waals surface area contributed by atoms with E-state index in [9.17, 15) is 0 Å². The highest BCUT2D eigenvalue weighted by Gasteiger charge is 2.25. The Bertz CT molecular complexity index is 337. The third-order valence-corrected chi connectivity index (χ3v) is 3.19. The van der Waals surface area contributed by atoms with Gasteiger partial charge in [0.05, 0.1) is 0 Å². The Morgan fingerprint density at radius 3 is 2.12 bits per heavy atom. The molecule has 1 aliphatic rings. The molecule has 0 N–H and O–H groups in total. The van der Waals surface area contributed by atoms with Crippen molar-refractivity contribution in [2.24, 2.45) is 5.92 Å². The van der Waals surface area contributed by atoms with Gasteiger partial charge in [-0.05, 0) is 32.3 Å². The lowest BCUT2D eigenvalue weighted by Crippen LogP contribution is -2.40. The highest BCUT2D eigenvalue weighted by atomic mass is 15.4. The van der Waals surface area contributed by atoms with Crippen molar-refractivity contribution in [2.45, 2.75) is 34.6 Å². The SMILES string of the molecule is C=C1C(C)=C(C)N(CC(C)C)C(=C)N1CC. The van der Waals surface area contributed by atoms with Crippen LogP contribution < -0.4 is 0 Å². The van der Waals surface area contributed by atoms with Crippen LogP contribution in [0.2, 0.25) is 0 Å². The van der Waals surface area contributed by atoms with Gasteiger partial charge >= 0.3 is 0 Å². The molecule has 0 saturated heterocycles. The van der Waals surface area contributed by atoms with E-state index in [-0.39, 0.29) is 0 Å². The predicted molar refractivity (Wildman–Crippen MR) is 70.6 cm³/mol. The molecular formula is C14H24N2. The zero-order chi connectivity index (χ0) is 12.5. The Labute approximate surface area is 99.9 Å². The number of allylic oxidation sites excluding steroid dienone is 2. The Balaban J connectivity index is 3.08. The Kier molecular flexibility index (Phi) is 3.84. The van der Waals surface area contributed by atoms with E-state index in [2.05, 4.69) is 57.6 Å². The fraction of sp³-hybridized carbons (Fsp3) is 0.571. The lowest BCUT2D eigenvalue weighted by atomic mass is 10.1. The minimum Gasteiger partial charge on any atom is -0.332 e. The molecule has 0 unspecified atom stereocenters. The third-order valence-electron chi connectivity index (χ3n) is 3.19. The van der Waals surface area contributed by atoms with Gasteiger partial charge < -0.3 is 9.80 Å². The van der Waals surface area contributed by atoms with Crippen molar-refractivity contribution in [3.8, 4) is 0 Å². The Morgan fingerprint density at radius 1 is 1.12 bits per heavy atom. The molecule has 0 fully saturated rings. The summed E-state index contributed by atoms with van der Waals surface area (Å²) in [6.07, 6.45) is 0.